The van der Waals surface area contributed by atoms with E-state index in [4.69, 9.17) is 0 Å². The number of hydrogen-bond acceptors (Lipinski definition) is 2. The molecule has 0 saturated heterocycles. The summed E-state index contributed by atoms with van der Waals surface area (Å²) in [6.45, 7) is 6.30. The standard InChI is InChI=1S/C13H21NO/c1-4-14(3)10-13(2,11-15)12-8-6-5-7-9-12/h5-9,15H,4,10-11H2,1-3H3. The highest BCUT2D eigenvalue weighted by Crippen LogP contribution is 2.23. The zero-order valence-electron chi connectivity index (χ0n) is 9.90. The molecule has 0 aromatic heterocycles. The lowest BCUT2D eigenvalue weighted by Crippen LogP contribution is -2.39. The number of benzene rings is 1. The van der Waals surface area contributed by atoms with Gasteiger partial charge in [0.15, 0.2) is 0 Å². The summed E-state index contributed by atoms with van der Waals surface area (Å²) in [4.78, 5) is 2.23. The molecule has 0 amide bonds. The molecule has 0 aliphatic heterocycles. The third-order valence-corrected chi connectivity index (χ3v) is 2.98. The summed E-state index contributed by atoms with van der Waals surface area (Å²) in [7, 11) is 2.08. The van der Waals surface area contributed by atoms with Gasteiger partial charge >= 0.3 is 0 Å². The molecule has 1 aromatic carbocycles. The SMILES string of the molecule is CCN(C)CC(C)(CO)c1ccccc1. The van der Waals surface area contributed by atoms with E-state index in [2.05, 4.69) is 37.9 Å². The van der Waals surface area contributed by atoms with Crippen LogP contribution in [0.4, 0.5) is 0 Å². The first-order chi connectivity index (χ1) is 7.12. The zero-order valence-corrected chi connectivity index (χ0v) is 9.90. The van der Waals surface area contributed by atoms with Gasteiger partial charge in [-0.25, -0.2) is 0 Å². The smallest absolute Gasteiger partial charge is 0.0537 e. The number of rotatable bonds is 5. The van der Waals surface area contributed by atoms with Crippen molar-refractivity contribution in [1.29, 1.82) is 0 Å². The van der Waals surface area contributed by atoms with E-state index in [1.807, 2.05) is 18.2 Å². The molecule has 0 saturated carbocycles. The van der Waals surface area contributed by atoms with Gasteiger partial charge in [-0.15, -0.1) is 0 Å². The maximum Gasteiger partial charge on any atom is 0.0537 e. The maximum absolute atomic E-state index is 9.56. The Kier molecular flexibility index (Phi) is 4.30. The second-order valence-electron chi connectivity index (χ2n) is 4.42. The van der Waals surface area contributed by atoms with Crippen LogP contribution in [-0.2, 0) is 5.41 Å². The molecule has 84 valence electrons. The Morgan fingerprint density at radius 2 is 1.87 bits per heavy atom. The zero-order chi connectivity index (χ0) is 11.3. The maximum atomic E-state index is 9.56. The molecule has 1 N–H and O–H groups in total. The minimum atomic E-state index is -0.161. The minimum Gasteiger partial charge on any atom is -0.395 e. The molecular weight excluding hydrogens is 186 g/mol. The van der Waals surface area contributed by atoms with Crippen LogP contribution in [0.3, 0.4) is 0 Å². The lowest BCUT2D eigenvalue weighted by atomic mass is 9.83. The summed E-state index contributed by atoms with van der Waals surface area (Å²) in [5.74, 6) is 0. The van der Waals surface area contributed by atoms with E-state index in [1.54, 1.807) is 0 Å². The summed E-state index contributed by atoms with van der Waals surface area (Å²) in [5, 5.41) is 9.56. The molecule has 0 bridgehead atoms. The molecular formula is C13H21NO. The van der Waals surface area contributed by atoms with E-state index in [9.17, 15) is 5.11 Å². The molecule has 1 rings (SSSR count). The van der Waals surface area contributed by atoms with Crippen LogP contribution < -0.4 is 0 Å². The average Bonchev–Trinajstić information content (AvgIpc) is 2.30. The van der Waals surface area contributed by atoms with Gasteiger partial charge in [-0.2, -0.15) is 0 Å². The molecule has 0 aliphatic carbocycles. The highest BCUT2D eigenvalue weighted by molar-refractivity contribution is 5.25. The van der Waals surface area contributed by atoms with Gasteiger partial charge in [0, 0.05) is 12.0 Å². The number of nitrogens with zero attached hydrogens (tertiary/aromatic N) is 1. The molecule has 2 heteroatoms. The Bertz CT molecular complexity index is 286. The van der Waals surface area contributed by atoms with Crippen LogP contribution in [0.15, 0.2) is 30.3 Å². The summed E-state index contributed by atoms with van der Waals surface area (Å²) in [5.41, 5.74) is 1.04. The highest BCUT2D eigenvalue weighted by atomic mass is 16.3. The normalized spacial score (nSPS) is 15.3. The van der Waals surface area contributed by atoms with E-state index < -0.39 is 0 Å². The fourth-order valence-corrected chi connectivity index (χ4v) is 1.78. The van der Waals surface area contributed by atoms with Crippen molar-refractivity contribution >= 4 is 0 Å². The molecule has 1 unspecified atom stereocenters. The number of hydrogen-bond donors (Lipinski definition) is 1. The summed E-state index contributed by atoms with van der Waals surface area (Å²) in [6.07, 6.45) is 0. The van der Waals surface area contributed by atoms with Crippen molar-refractivity contribution < 1.29 is 5.11 Å². The Hall–Kier alpha value is -0.860. The summed E-state index contributed by atoms with van der Waals surface area (Å²) in [6, 6.07) is 10.2. The van der Waals surface area contributed by atoms with Gasteiger partial charge in [-0.1, -0.05) is 44.2 Å². The first-order valence-corrected chi connectivity index (χ1v) is 5.47. The van der Waals surface area contributed by atoms with Crippen LogP contribution in [0, 0.1) is 0 Å². The molecule has 0 spiro atoms. The largest absolute Gasteiger partial charge is 0.395 e. The minimum absolute atomic E-state index is 0.161. The molecule has 1 atom stereocenters. The van der Waals surface area contributed by atoms with Crippen molar-refractivity contribution in [3.63, 3.8) is 0 Å². The molecule has 0 fully saturated rings. The molecule has 1 aromatic rings. The van der Waals surface area contributed by atoms with Gasteiger partial charge in [-0.05, 0) is 19.2 Å². The predicted octanol–water partition coefficient (Wildman–Crippen LogP) is 1.89. The van der Waals surface area contributed by atoms with Crippen LogP contribution in [0.5, 0.6) is 0 Å². The van der Waals surface area contributed by atoms with Gasteiger partial charge in [0.05, 0.1) is 6.61 Å². The third kappa shape index (κ3) is 3.05. The van der Waals surface area contributed by atoms with Crippen molar-refractivity contribution in [2.45, 2.75) is 19.3 Å². The molecule has 0 heterocycles. The van der Waals surface area contributed by atoms with Crippen LogP contribution >= 0.6 is 0 Å². The number of aliphatic hydroxyl groups is 1. The van der Waals surface area contributed by atoms with E-state index in [-0.39, 0.29) is 12.0 Å². The third-order valence-electron chi connectivity index (χ3n) is 2.98. The average molecular weight is 207 g/mol. The van der Waals surface area contributed by atoms with Gasteiger partial charge in [-0.3, -0.25) is 0 Å². The van der Waals surface area contributed by atoms with Crippen LogP contribution in [0.2, 0.25) is 0 Å². The van der Waals surface area contributed by atoms with E-state index in [1.165, 1.54) is 5.56 Å². The van der Waals surface area contributed by atoms with Gasteiger partial charge in [0.25, 0.3) is 0 Å². The Labute approximate surface area is 92.5 Å². The van der Waals surface area contributed by atoms with Gasteiger partial charge in [0.1, 0.15) is 0 Å². The predicted molar refractivity (Wildman–Crippen MR) is 64.1 cm³/mol. The van der Waals surface area contributed by atoms with E-state index in [0.717, 1.165) is 13.1 Å². The number of aliphatic hydroxyl groups excluding tert-OH is 1. The monoisotopic (exact) mass is 207 g/mol. The second-order valence-corrected chi connectivity index (χ2v) is 4.42. The van der Waals surface area contributed by atoms with Crippen LogP contribution in [0.25, 0.3) is 0 Å². The Morgan fingerprint density at radius 1 is 1.27 bits per heavy atom. The second kappa shape index (κ2) is 5.29. The number of likely N-dealkylation sites (N-methyl/N-ethyl adjacent to an activating group) is 1. The van der Waals surface area contributed by atoms with Crippen LogP contribution in [0.1, 0.15) is 19.4 Å². The summed E-state index contributed by atoms with van der Waals surface area (Å²) < 4.78 is 0. The van der Waals surface area contributed by atoms with Crippen molar-refractivity contribution in [2.24, 2.45) is 0 Å². The Morgan fingerprint density at radius 3 is 2.33 bits per heavy atom. The molecule has 0 radical (unpaired) electrons. The van der Waals surface area contributed by atoms with Crippen molar-refractivity contribution in [2.75, 3.05) is 26.7 Å². The van der Waals surface area contributed by atoms with Gasteiger partial charge in [0.2, 0.25) is 0 Å². The summed E-state index contributed by atoms with van der Waals surface area (Å²) >= 11 is 0. The van der Waals surface area contributed by atoms with Crippen molar-refractivity contribution in [1.82, 2.24) is 4.90 Å². The quantitative estimate of drug-likeness (QED) is 0.797. The topological polar surface area (TPSA) is 23.5 Å². The highest BCUT2D eigenvalue weighted by Gasteiger charge is 2.26. The van der Waals surface area contributed by atoms with Crippen molar-refractivity contribution in [3.8, 4) is 0 Å². The molecule has 2 nitrogen and oxygen atoms in total. The lowest BCUT2D eigenvalue weighted by Gasteiger charge is -2.32. The lowest BCUT2D eigenvalue weighted by molar-refractivity contribution is 0.162. The van der Waals surface area contributed by atoms with Crippen LogP contribution in [-0.4, -0.2) is 36.8 Å². The fourth-order valence-electron chi connectivity index (χ4n) is 1.78. The first-order valence-electron chi connectivity index (χ1n) is 5.47. The first kappa shape index (κ1) is 12.2. The molecule has 0 aliphatic rings. The molecule has 15 heavy (non-hydrogen) atoms. The van der Waals surface area contributed by atoms with Gasteiger partial charge < -0.3 is 10.0 Å². The van der Waals surface area contributed by atoms with E-state index >= 15 is 0 Å². The fraction of sp³-hybridized carbons (Fsp3) is 0.538. The Balaban J connectivity index is 2.85. The van der Waals surface area contributed by atoms with Crippen molar-refractivity contribution in [3.05, 3.63) is 35.9 Å². The van der Waals surface area contributed by atoms with E-state index in [0.29, 0.717) is 0 Å².